The highest BCUT2D eigenvalue weighted by Gasteiger charge is 2.50. The van der Waals surface area contributed by atoms with Crippen molar-refractivity contribution in [3.63, 3.8) is 0 Å². The molecule has 4 aromatic rings. The molecule has 1 aliphatic heterocycles. The van der Waals surface area contributed by atoms with Gasteiger partial charge in [-0.1, -0.05) is 54.6 Å². The van der Waals surface area contributed by atoms with Gasteiger partial charge in [0.15, 0.2) is 12.3 Å². The van der Waals surface area contributed by atoms with Crippen LogP contribution >= 0.6 is 0 Å². The molecule has 0 aliphatic carbocycles. The lowest BCUT2D eigenvalue weighted by molar-refractivity contribution is -0.160. The zero-order valence-corrected chi connectivity index (χ0v) is 26.7. The molecule has 252 valence electrons. The number of rotatable bonds is 14. The van der Waals surface area contributed by atoms with Crippen molar-refractivity contribution in [2.24, 2.45) is 5.73 Å². The molecule has 0 bridgehead atoms. The van der Waals surface area contributed by atoms with Crippen LogP contribution in [0.3, 0.4) is 0 Å². The SMILES string of the molecule is COc1ccc(C(OC[C@H]2O[C@@H](n3ccc(=O)[nH]c3=O)C(OC)[C@@H]2OC(=O)CCC(N)=O)(c2ccccc2)c2ccc(OC)cc2)cc1. The molecule has 0 saturated carbocycles. The molecule has 3 aromatic carbocycles. The second-order valence-electron chi connectivity index (χ2n) is 11.0. The van der Waals surface area contributed by atoms with E-state index in [1.54, 1.807) is 14.2 Å². The third kappa shape index (κ3) is 7.18. The van der Waals surface area contributed by atoms with Gasteiger partial charge in [-0.3, -0.25) is 23.9 Å². The number of hydrogen-bond acceptors (Lipinski definition) is 10. The number of nitrogens with zero attached hydrogens (tertiary/aromatic N) is 1. The molecule has 1 aromatic heterocycles. The van der Waals surface area contributed by atoms with Crippen LogP contribution in [-0.2, 0) is 34.1 Å². The van der Waals surface area contributed by atoms with Crippen molar-refractivity contribution < 1.29 is 38.0 Å². The molecule has 1 unspecified atom stereocenters. The molecule has 13 heteroatoms. The number of aromatic nitrogens is 2. The summed E-state index contributed by atoms with van der Waals surface area (Å²) >= 11 is 0. The van der Waals surface area contributed by atoms with E-state index in [9.17, 15) is 19.2 Å². The van der Waals surface area contributed by atoms with Gasteiger partial charge in [0, 0.05) is 25.8 Å². The molecule has 1 aliphatic rings. The van der Waals surface area contributed by atoms with Gasteiger partial charge in [-0.05, 0) is 41.0 Å². The first-order chi connectivity index (χ1) is 23.2. The smallest absolute Gasteiger partial charge is 0.330 e. The van der Waals surface area contributed by atoms with Crippen LogP contribution in [0.1, 0.15) is 35.8 Å². The minimum atomic E-state index is -1.24. The van der Waals surface area contributed by atoms with Crippen LogP contribution in [-0.4, -0.2) is 67.7 Å². The first-order valence-corrected chi connectivity index (χ1v) is 15.2. The summed E-state index contributed by atoms with van der Waals surface area (Å²) in [5.74, 6) is -0.0881. The van der Waals surface area contributed by atoms with Crippen LogP contribution in [0.25, 0.3) is 0 Å². The van der Waals surface area contributed by atoms with Gasteiger partial charge in [0.2, 0.25) is 5.91 Å². The molecule has 1 saturated heterocycles. The summed E-state index contributed by atoms with van der Waals surface area (Å²) in [5, 5.41) is 0. The van der Waals surface area contributed by atoms with Crippen LogP contribution in [0.5, 0.6) is 11.5 Å². The third-order valence-corrected chi connectivity index (χ3v) is 8.16. The van der Waals surface area contributed by atoms with Crippen LogP contribution in [0.2, 0.25) is 0 Å². The van der Waals surface area contributed by atoms with E-state index in [1.165, 1.54) is 19.4 Å². The van der Waals surface area contributed by atoms with E-state index in [4.69, 9.17) is 34.2 Å². The Morgan fingerprint density at radius 2 is 1.40 bits per heavy atom. The second-order valence-corrected chi connectivity index (χ2v) is 11.0. The third-order valence-electron chi connectivity index (χ3n) is 8.16. The summed E-state index contributed by atoms with van der Waals surface area (Å²) in [6.07, 6.45) is -3.43. The predicted molar refractivity (Wildman–Crippen MR) is 173 cm³/mol. The van der Waals surface area contributed by atoms with Gasteiger partial charge in [0.05, 0.1) is 27.2 Å². The van der Waals surface area contributed by atoms with Crippen molar-refractivity contribution in [3.8, 4) is 11.5 Å². The number of carbonyl (C=O) groups is 2. The van der Waals surface area contributed by atoms with Crippen LogP contribution in [0.4, 0.5) is 0 Å². The maximum Gasteiger partial charge on any atom is 0.330 e. The number of H-pyrrole nitrogens is 1. The van der Waals surface area contributed by atoms with Crippen LogP contribution < -0.4 is 26.5 Å². The zero-order chi connectivity index (χ0) is 34.3. The summed E-state index contributed by atoms with van der Waals surface area (Å²) in [5.41, 5.74) is 4.97. The van der Waals surface area contributed by atoms with Crippen LogP contribution in [0.15, 0.2) is 101 Å². The van der Waals surface area contributed by atoms with E-state index in [0.29, 0.717) is 11.5 Å². The largest absolute Gasteiger partial charge is 0.497 e. The number of nitrogens with one attached hydrogen (secondary N) is 1. The quantitative estimate of drug-likeness (QED) is 0.152. The number of nitrogens with two attached hydrogens (primary N) is 1. The van der Waals surface area contributed by atoms with E-state index in [2.05, 4.69) is 4.98 Å². The number of primary amides is 1. The van der Waals surface area contributed by atoms with E-state index in [-0.39, 0.29) is 19.4 Å². The topological polar surface area (TPSA) is 170 Å². The van der Waals surface area contributed by atoms with Gasteiger partial charge in [-0.2, -0.15) is 0 Å². The van der Waals surface area contributed by atoms with Crippen molar-refractivity contribution in [2.75, 3.05) is 27.9 Å². The fourth-order valence-corrected chi connectivity index (χ4v) is 5.80. The molecule has 3 N–H and O–H groups in total. The summed E-state index contributed by atoms with van der Waals surface area (Å²) in [6.45, 7) is -0.171. The number of ether oxygens (including phenoxy) is 6. The maximum absolute atomic E-state index is 12.9. The molecule has 0 radical (unpaired) electrons. The minimum Gasteiger partial charge on any atom is -0.497 e. The van der Waals surface area contributed by atoms with Gasteiger partial charge in [-0.15, -0.1) is 0 Å². The fourth-order valence-electron chi connectivity index (χ4n) is 5.80. The monoisotopic (exact) mass is 659 g/mol. The zero-order valence-electron chi connectivity index (χ0n) is 26.7. The normalized spacial score (nSPS) is 19.1. The highest BCUT2D eigenvalue weighted by atomic mass is 16.6. The predicted octanol–water partition coefficient (Wildman–Crippen LogP) is 2.65. The van der Waals surface area contributed by atoms with Crippen LogP contribution in [0, 0.1) is 0 Å². The molecular formula is C35H37N3O10. The van der Waals surface area contributed by atoms with Gasteiger partial charge >= 0.3 is 11.7 Å². The number of aromatic amines is 1. The number of carbonyl (C=O) groups excluding carboxylic acids is 2. The van der Waals surface area contributed by atoms with Gasteiger partial charge in [-0.25, -0.2) is 4.79 Å². The average Bonchev–Trinajstić information content (AvgIpc) is 3.44. The van der Waals surface area contributed by atoms with Crippen molar-refractivity contribution in [3.05, 3.63) is 129 Å². The Morgan fingerprint density at radius 1 is 0.812 bits per heavy atom. The average molecular weight is 660 g/mol. The second kappa shape index (κ2) is 15.1. The summed E-state index contributed by atoms with van der Waals surface area (Å²) in [6, 6.07) is 25.6. The Kier molecular flexibility index (Phi) is 10.7. The molecule has 5 rings (SSSR count). The standard InChI is InChI=1S/C35H37N3O10/c1-43-25-13-9-23(10-14-25)35(22-7-5-4-6-8-22,24-11-15-26(44-2)16-12-24)46-21-27-31(48-30(41)18-17-28(36)39)32(45-3)33(47-27)38-20-19-29(40)37-34(38)42/h4-16,19-20,27,31-33H,17-18,21H2,1-3H3,(H2,36,39)(H,37,40,42)/t27-,31-,32?,33-/m1/s1. The van der Waals surface area contributed by atoms with E-state index in [1.807, 2.05) is 78.9 Å². The summed E-state index contributed by atoms with van der Waals surface area (Å²) in [4.78, 5) is 51.2. The van der Waals surface area contributed by atoms with E-state index < -0.39 is 53.3 Å². The lowest BCUT2D eigenvalue weighted by Crippen LogP contribution is -2.43. The summed E-state index contributed by atoms with van der Waals surface area (Å²) in [7, 11) is 4.55. The molecule has 48 heavy (non-hydrogen) atoms. The Balaban J connectivity index is 1.60. The highest BCUT2D eigenvalue weighted by Crippen LogP contribution is 2.43. The number of amides is 1. The van der Waals surface area contributed by atoms with Gasteiger partial charge in [0.25, 0.3) is 5.56 Å². The fraction of sp³-hybridized carbons (Fsp3) is 0.314. The Labute approximate surface area is 276 Å². The molecule has 4 atom stereocenters. The molecular weight excluding hydrogens is 622 g/mol. The van der Waals surface area contributed by atoms with Crippen molar-refractivity contribution >= 4 is 11.9 Å². The summed E-state index contributed by atoms with van der Waals surface area (Å²) < 4.78 is 36.9. The Hall–Kier alpha value is -5.24. The first-order valence-electron chi connectivity index (χ1n) is 15.2. The molecule has 13 nitrogen and oxygen atoms in total. The van der Waals surface area contributed by atoms with Gasteiger partial charge in [0.1, 0.15) is 29.3 Å². The lowest BCUT2D eigenvalue weighted by atomic mass is 9.80. The van der Waals surface area contributed by atoms with Crippen molar-refractivity contribution in [2.45, 2.75) is 43.0 Å². The molecule has 0 spiro atoms. The van der Waals surface area contributed by atoms with E-state index in [0.717, 1.165) is 21.3 Å². The number of esters is 1. The van der Waals surface area contributed by atoms with Crippen molar-refractivity contribution in [1.82, 2.24) is 9.55 Å². The Morgan fingerprint density at radius 3 is 1.92 bits per heavy atom. The highest BCUT2D eigenvalue weighted by molar-refractivity contribution is 5.80. The lowest BCUT2D eigenvalue weighted by Gasteiger charge is -2.37. The van der Waals surface area contributed by atoms with Gasteiger partial charge < -0.3 is 34.2 Å². The number of benzene rings is 3. The minimum absolute atomic E-state index is 0.171. The van der Waals surface area contributed by atoms with E-state index >= 15 is 0 Å². The maximum atomic E-state index is 12.9. The number of methoxy groups -OCH3 is 3. The molecule has 1 amide bonds. The van der Waals surface area contributed by atoms with Crippen molar-refractivity contribution in [1.29, 1.82) is 0 Å². The Bertz CT molecular complexity index is 1760. The molecule has 1 fully saturated rings. The number of hydrogen-bond donors (Lipinski definition) is 2. The first kappa shape index (κ1) is 34.1. The molecule has 2 heterocycles.